The average molecular weight is 437 g/mol. The fourth-order valence-corrected chi connectivity index (χ4v) is 5.70. The lowest BCUT2D eigenvalue weighted by Crippen LogP contribution is -2.39. The first-order valence-electron chi connectivity index (χ1n) is 10.5. The highest BCUT2D eigenvalue weighted by atomic mass is 32.2. The smallest absolute Gasteiger partial charge is 0.264 e. The minimum Gasteiger partial charge on any atom is -0.356 e. The van der Waals surface area contributed by atoms with Crippen LogP contribution in [-0.2, 0) is 20.2 Å². The number of nitrogens with one attached hydrogen (secondary N) is 1. The van der Waals surface area contributed by atoms with Crippen LogP contribution in [0.1, 0.15) is 36.9 Å². The summed E-state index contributed by atoms with van der Waals surface area (Å²) in [5, 5.41) is 0.498. The molecule has 2 aromatic heterocycles. The van der Waals surface area contributed by atoms with Gasteiger partial charge in [0.1, 0.15) is 5.82 Å². The van der Waals surface area contributed by atoms with Crippen LogP contribution in [0.15, 0.2) is 53.6 Å². The van der Waals surface area contributed by atoms with E-state index in [1.807, 2.05) is 19.1 Å². The van der Waals surface area contributed by atoms with Crippen LogP contribution in [0.2, 0.25) is 0 Å². The fourth-order valence-electron chi connectivity index (χ4n) is 4.43. The van der Waals surface area contributed by atoms with Crippen molar-refractivity contribution >= 4 is 32.7 Å². The molecule has 0 spiro atoms. The summed E-state index contributed by atoms with van der Waals surface area (Å²) in [6, 6.07) is 12.1. The number of sulfonamides is 1. The Labute approximate surface area is 181 Å². The van der Waals surface area contributed by atoms with E-state index in [2.05, 4.69) is 19.6 Å². The standard InChI is InChI=1S/C23H24N4O3S/c1-16-9-10-17-19(25-16)7-4-8-20(17)31(29,30)26-22(28)23(11-12-23)18-6-5-13-24-21(18)27-14-2-3-15-27/h4-10,13H,2-3,11-12,14-15H2,1H3,(H,26,28). The Bertz CT molecular complexity index is 1280. The van der Waals surface area contributed by atoms with Gasteiger partial charge >= 0.3 is 0 Å². The highest BCUT2D eigenvalue weighted by molar-refractivity contribution is 7.90. The number of rotatable bonds is 5. The van der Waals surface area contributed by atoms with Gasteiger partial charge in [0, 0.05) is 35.9 Å². The molecular weight excluding hydrogens is 412 g/mol. The van der Waals surface area contributed by atoms with Gasteiger partial charge in [0.2, 0.25) is 5.91 Å². The molecule has 1 saturated heterocycles. The van der Waals surface area contributed by atoms with Crippen molar-refractivity contribution in [2.45, 2.75) is 42.9 Å². The monoisotopic (exact) mass is 436 g/mol. The van der Waals surface area contributed by atoms with Gasteiger partial charge in [0.25, 0.3) is 10.0 Å². The number of carbonyl (C=O) groups is 1. The SMILES string of the molecule is Cc1ccc2c(S(=O)(=O)NC(=O)C3(c4cccnc4N4CCCC4)CC3)cccc2n1. The second kappa shape index (κ2) is 7.30. The highest BCUT2D eigenvalue weighted by Gasteiger charge is 2.54. The zero-order valence-corrected chi connectivity index (χ0v) is 18.2. The Morgan fingerprint density at radius 3 is 2.58 bits per heavy atom. The molecule has 160 valence electrons. The number of fused-ring (bicyclic) bond motifs is 1. The quantitative estimate of drug-likeness (QED) is 0.661. The molecule has 3 aromatic rings. The maximum Gasteiger partial charge on any atom is 0.264 e. The molecule has 1 aromatic carbocycles. The largest absolute Gasteiger partial charge is 0.356 e. The molecule has 0 radical (unpaired) electrons. The Balaban J connectivity index is 1.48. The van der Waals surface area contributed by atoms with E-state index in [0.29, 0.717) is 23.7 Å². The molecule has 1 amide bonds. The van der Waals surface area contributed by atoms with E-state index < -0.39 is 21.3 Å². The van der Waals surface area contributed by atoms with Gasteiger partial charge in [-0.25, -0.2) is 18.1 Å². The Hall–Kier alpha value is -3.00. The molecule has 0 bridgehead atoms. The van der Waals surface area contributed by atoms with Gasteiger partial charge in [-0.15, -0.1) is 0 Å². The summed E-state index contributed by atoms with van der Waals surface area (Å²) in [7, 11) is -4.06. The van der Waals surface area contributed by atoms with Crippen molar-refractivity contribution in [2.24, 2.45) is 0 Å². The third kappa shape index (κ3) is 3.44. The second-order valence-electron chi connectivity index (χ2n) is 8.36. The molecular formula is C23H24N4O3S. The van der Waals surface area contributed by atoms with Gasteiger partial charge in [-0.3, -0.25) is 9.78 Å². The minimum atomic E-state index is -4.06. The van der Waals surface area contributed by atoms with Crippen LogP contribution in [-0.4, -0.2) is 37.4 Å². The summed E-state index contributed by atoms with van der Waals surface area (Å²) in [6.07, 6.45) is 5.14. The Morgan fingerprint density at radius 1 is 1.06 bits per heavy atom. The summed E-state index contributed by atoms with van der Waals surface area (Å²) in [5.41, 5.74) is 1.35. The number of hydrogen-bond acceptors (Lipinski definition) is 6. The first kappa shape index (κ1) is 19.9. The number of amides is 1. The van der Waals surface area contributed by atoms with Crippen LogP contribution in [0.4, 0.5) is 5.82 Å². The first-order chi connectivity index (χ1) is 14.9. The lowest BCUT2D eigenvalue weighted by Gasteiger charge is -2.24. The van der Waals surface area contributed by atoms with Crippen molar-refractivity contribution in [3.63, 3.8) is 0 Å². The molecule has 7 nitrogen and oxygen atoms in total. The topological polar surface area (TPSA) is 92.3 Å². The predicted molar refractivity (Wildman–Crippen MR) is 118 cm³/mol. The van der Waals surface area contributed by atoms with Crippen molar-refractivity contribution in [1.29, 1.82) is 0 Å². The number of nitrogens with zero attached hydrogens (tertiary/aromatic N) is 3. The summed E-state index contributed by atoms with van der Waals surface area (Å²) >= 11 is 0. The summed E-state index contributed by atoms with van der Waals surface area (Å²) in [6.45, 7) is 3.66. The van der Waals surface area contributed by atoms with E-state index >= 15 is 0 Å². The Morgan fingerprint density at radius 2 is 1.84 bits per heavy atom. The molecule has 1 aliphatic heterocycles. The molecule has 1 aliphatic carbocycles. The van der Waals surface area contributed by atoms with Crippen molar-refractivity contribution in [1.82, 2.24) is 14.7 Å². The lowest BCUT2D eigenvalue weighted by molar-refractivity contribution is -0.121. The van der Waals surface area contributed by atoms with E-state index in [9.17, 15) is 13.2 Å². The lowest BCUT2D eigenvalue weighted by atomic mass is 9.95. The maximum atomic E-state index is 13.3. The van der Waals surface area contributed by atoms with Gasteiger partial charge in [-0.05, 0) is 62.9 Å². The van der Waals surface area contributed by atoms with Gasteiger partial charge in [-0.2, -0.15) is 0 Å². The zero-order valence-electron chi connectivity index (χ0n) is 17.3. The van der Waals surface area contributed by atoms with Crippen molar-refractivity contribution in [3.8, 4) is 0 Å². The normalized spacial score (nSPS) is 17.6. The third-order valence-corrected chi connectivity index (χ3v) is 7.63. The highest BCUT2D eigenvalue weighted by Crippen LogP contribution is 2.51. The number of aromatic nitrogens is 2. The van der Waals surface area contributed by atoms with E-state index in [0.717, 1.165) is 43.0 Å². The molecule has 2 aliphatic rings. The van der Waals surface area contributed by atoms with Crippen LogP contribution in [0.3, 0.4) is 0 Å². The Kier molecular flexibility index (Phi) is 4.69. The molecule has 1 saturated carbocycles. The van der Waals surface area contributed by atoms with Crippen molar-refractivity contribution in [2.75, 3.05) is 18.0 Å². The van der Waals surface area contributed by atoms with Crippen LogP contribution in [0, 0.1) is 6.92 Å². The zero-order chi connectivity index (χ0) is 21.6. The van der Waals surface area contributed by atoms with Gasteiger partial charge < -0.3 is 4.90 Å². The van der Waals surface area contributed by atoms with E-state index in [1.54, 1.807) is 30.5 Å². The fraction of sp³-hybridized carbons (Fsp3) is 0.348. The maximum absolute atomic E-state index is 13.3. The van der Waals surface area contributed by atoms with E-state index in [-0.39, 0.29) is 4.90 Å². The second-order valence-corrected chi connectivity index (χ2v) is 10.0. The van der Waals surface area contributed by atoms with Crippen molar-refractivity contribution < 1.29 is 13.2 Å². The molecule has 0 atom stereocenters. The minimum absolute atomic E-state index is 0.0626. The number of benzene rings is 1. The molecule has 1 N–H and O–H groups in total. The third-order valence-electron chi connectivity index (χ3n) is 6.24. The van der Waals surface area contributed by atoms with Crippen LogP contribution in [0.5, 0.6) is 0 Å². The van der Waals surface area contributed by atoms with Crippen LogP contribution < -0.4 is 9.62 Å². The number of hydrogen-bond donors (Lipinski definition) is 1. The molecule has 2 fully saturated rings. The summed E-state index contributed by atoms with van der Waals surface area (Å²) in [4.78, 5) is 24.5. The van der Waals surface area contributed by atoms with Gasteiger partial charge in [-0.1, -0.05) is 12.1 Å². The van der Waals surface area contributed by atoms with E-state index in [1.165, 1.54) is 6.07 Å². The molecule has 3 heterocycles. The molecule has 8 heteroatoms. The summed E-state index contributed by atoms with van der Waals surface area (Å²) < 4.78 is 28.8. The van der Waals surface area contributed by atoms with Crippen molar-refractivity contribution in [3.05, 3.63) is 59.9 Å². The average Bonchev–Trinajstić information content (AvgIpc) is 3.39. The predicted octanol–water partition coefficient (Wildman–Crippen LogP) is 3.08. The number of anilines is 1. The number of aryl methyl sites for hydroxylation is 1. The van der Waals surface area contributed by atoms with E-state index in [4.69, 9.17) is 0 Å². The van der Waals surface area contributed by atoms with Crippen LogP contribution >= 0.6 is 0 Å². The molecule has 31 heavy (non-hydrogen) atoms. The first-order valence-corrected chi connectivity index (χ1v) is 12.0. The number of carbonyl (C=O) groups excluding carboxylic acids is 1. The number of pyridine rings is 2. The molecule has 0 unspecified atom stereocenters. The van der Waals surface area contributed by atoms with Gasteiger partial charge in [0.05, 0.1) is 15.8 Å². The molecule has 5 rings (SSSR count). The van der Waals surface area contributed by atoms with Gasteiger partial charge in [0.15, 0.2) is 0 Å². The van der Waals surface area contributed by atoms with Crippen LogP contribution in [0.25, 0.3) is 10.9 Å². The summed E-state index contributed by atoms with van der Waals surface area (Å²) in [5.74, 6) is 0.313.